The average Bonchev–Trinajstić information content (AvgIpc) is 2.40. The molecule has 3 heteroatoms. The lowest BCUT2D eigenvalue weighted by Gasteiger charge is -2.20. The van der Waals surface area contributed by atoms with E-state index in [1.807, 2.05) is 43.3 Å². The third-order valence-corrected chi connectivity index (χ3v) is 3.91. The molecule has 0 fully saturated rings. The van der Waals surface area contributed by atoms with Gasteiger partial charge < -0.3 is 5.32 Å². The van der Waals surface area contributed by atoms with Crippen LogP contribution in [0.1, 0.15) is 29.7 Å². The van der Waals surface area contributed by atoms with Crippen molar-refractivity contribution in [2.45, 2.75) is 19.9 Å². The van der Waals surface area contributed by atoms with Crippen LogP contribution in [0.15, 0.2) is 42.5 Å². The minimum atomic E-state index is 0.0665. The number of aryl methyl sites for hydroxylation is 1. The number of nitrogens with one attached hydrogen (secondary N) is 1. The first kappa shape index (κ1) is 14.4. The van der Waals surface area contributed by atoms with Crippen LogP contribution < -0.4 is 5.32 Å². The summed E-state index contributed by atoms with van der Waals surface area (Å²) in [6, 6.07) is 14.1. The largest absolute Gasteiger partial charge is 0.306 e. The van der Waals surface area contributed by atoms with E-state index in [-0.39, 0.29) is 6.04 Å². The Bertz CT molecular complexity index is 566. The summed E-state index contributed by atoms with van der Waals surface area (Å²) < 4.78 is 0. The fourth-order valence-electron chi connectivity index (χ4n) is 2.11. The molecule has 1 N–H and O–H groups in total. The Hall–Kier alpha value is -1.02. The molecule has 100 valence electrons. The van der Waals surface area contributed by atoms with Gasteiger partial charge in [0, 0.05) is 10.0 Å². The van der Waals surface area contributed by atoms with E-state index in [1.54, 1.807) is 0 Å². The summed E-state index contributed by atoms with van der Waals surface area (Å²) in [5.74, 6) is 0. The number of halogens is 2. The smallest absolute Gasteiger partial charge is 0.0591 e. The van der Waals surface area contributed by atoms with E-state index in [2.05, 4.69) is 18.3 Å². The summed E-state index contributed by atoms with van der Waals surface area (Å²) in [7, 11) is 0. The highest BCUT2D eigenvalue weighted by molar-refractivity contribution is 6.31. The van der Waals surface area contributed by atoms with Crippen molar-refractivity contribution < 1.29 is 0 Å². The maximum absolute atomic E-state index is 6.30. The molecule has 1 nitrogen and oxygen atoms in total. The highest BCUT2D eigenvalue weighted by Crippen LogP contribution is 2.30. The molecule has 0 saturated heterocycles. The predicted octanol–water partition coefficient (Wildman–Crippen LogP) is 5.00. The van der Waals surface area contributed by atoms with Crippen molar-refractivity contribution in [1.82, 2.24) is 5.32 Å². The predicted molar refractivity (Wildman–Crippen MR) is 83.2 cm³/mol. The van der Waals surface area contributed by atoms with Crippen molar-refractivity contribution in [1.29, 1.82) is 0 Å². The minimum absolute atomic E-state index is 0.0665. The van der Waals surface area contributed by atoms with Crippen LogP contribution in [-0.2, 0) is 0 Å². The normalized spacial score (nSPS) is 12.4. The Kier molecular flexibility index (Phi) is 4.87. The van der Waals surface area contributed by atoms with E-state index in [4.69, 9.17) is 23.2 Å². The third kappa shape index (κ3) is 3.30. The summed E-state index contributed by atoms with van der Waals surface area (Å²) in [4.78, 5) is 0. The Balaban J connectivity index is 2.45. The molecule has 2 rings (SSSR count). The molecule has 0 spiro atoms. The zero-order valence-electron chi connectivity index (χ0n) is 11.1. The first-order chi connectivity index (χ1) is 9.13. The molecule has 0 aliphatic heterocycles. The molecule has 0 aliphatic carbocycles. The lowest BCUT2D eigenvalue weighted by molar-refractivity contribution is 0.631. The number of hydrogen-bond donors (Lipinski definition) is 1. The first-order valence-corrected chi connectivity index (χ1v) is 7.13. The Morgan fingerprint density at radius 3 is 2.42 bits per heavy atom. The van der Waals surface area contributed by atoms with Gasteiger partial charge in [-0.3, -0.25) is 0 Å². The lowest BCUT2D eigenvalue weighted by atomic mass is 9.97. The fraction of sp³-hybridized carbons (Fsp3) is 0.250. The van der Waals surface area contributed by atoms with Crippen LogP contribution in [0.25, 0.3) is 0 Å². The second kappa shape index (κ2) is 6.42. The van der Waals surface area contributed by atoms with Gasteiger partial charge in [0.15, 0.2) is 0 Å². The number of rotatable bonds is 4. The monoisotopic (exact) mass is 293 g/mol. The Morgan fingerprint density at radius 1 is 1.05 bits per heavy atom. The standard InChI is InChI=1S/C16H17Cl2N/c1-3-19-16(13-6-4-5-7-14(13)17)12-9-8-11(2)15(18)10-12/h4-10,16,19H,3H2,1-2H3. The van der Waals surface area contributed by atoms with E-state index in [1.165, 1.54) is 0 Å². The quantitative estimate of drug-likeness (QED) is 0.836. The molecule has 0 amide bonds. The van der Waals surface area contributed by atoms with Crippen LogP contribution in [0.2, 0.25) is 10.0 Å². The molecular weight excluding hydrogens is 277 g/mol. The van der Waals surface area contributed by atoms with Crippen molar-refractivity contribution in [2.24, 2.45) is 0 Å². The van der Waals surface area contributed by atoms with Crippen LogP contribution in [-0.4, -0.2) is 6.54 Å². The van der Waals surface area contributed by atoms with E-state index in [0.29, 0.717) is 0 Å². The van der Waals surface area contributed by atoms with Crippen molar-refractivity contribution >= 4 is 23.2 Å². The van der Waals surface area contributed by atoms with Gasteiger partial charge in [-0.15, -0.1) is 0 Å². The third-order valence-electron chi connectivity index (χ3n) is 3.15. The zero-order valence-corrected chi connectivity index (χ0v) is 12.6. The molecule has 19 heavy (non-hydrogen) atoms. The van der Waals surface area contributed by atoms with Crippen LogP contribution in [0.5, 0.6) is 0 Å². The van der Waals surface area contributed by atoms with Crippen molar-refractivity contribution in [3.8, 4) is 0 Å². The number of benzene rings is 2. The summed E-state index contributed by atoms with van der Waals surface area (Å²) in [6.07, 6.45) is 0. The molecule has 0 heterocycles. The summed E-state index contributed by atoms with van der Waals surface area (Å²) in [5, 5.41) is 5.01. The van der Waals surface area contributed by atoms with Gasteiger partial charge in [-0.05, 0) is 42.3 Å². The molecule has 0 bridgehead atoms. The van der Waals surface area contributed by atoms with Gasteiger partial charge in [0.05, 0.1) is 6.04 Å². The lowest BCUT2D eigenvalue weighted by Crippen LogP contribution is -2.22. The van der Waals surface area contributed by atoms with Gasteiger partial charge in [-0.1, -0.05) is 60.5 Å². The molecule has 0 aromatic heterocycles. The van der Waals surface area contributed by atoms with E-state index in [0.717, 1.165) is 33.3 Å². The van der Waals surface area contributed by atoms with Gasteiger partial charge >= 0.3 is 0 Å². The van der Waals surface area contributed by atoms with E-state index >= 15 is 0 Å². The van der Waals surface area contributed by atoms with Crippen LogP contribution in [0.3, 0.4) is 0 Å². The Labute approximate surface area is 124 Å². The summed E-state index contributed by atoms with van der Waals surface area (Å²) in [5.41, 5.74) is 3.29. The first-order valence-electron chi connectivity index (χ1n) is 6.37. The molecule has 2 aromatic rings. The summed E-state index contributed by atoms with van der Waals surface area (Å²) >= 11 is 12.5. The molecule has 1 atom stereocenters. The topological polar surface area (TPSA) is 12.0 Å². The van der Waals surface area contributed by atoms with E-state index < -0.39 is 0 Å². The fourth-order valence-corrected chi connectivity index (χ4v) is 2.54. The van der Waals surface area contributed by atoms with Crippen molar-refractivity contribution in [3.63, 3.8) is 0 Å². The van der Waals surface area contributed by atoms with E-state index in [9.17, 15) is 0 Å². The summed E-state index contributed by atoms with van der Waals surface area (Å²) in [6.45, 7) is 4.95. The average molecular weight is 294 g/mol. The minimum Gasteiger partial charge on any atom is -0.306 e. The SMILES string of the molecule is CCNC(c1ccc(C)c(Cl)c1)c1ccccc1Cl. The van der Waals surface area contributed by atoms with Gasteiger partial charge in [0.2, 0.25) is 0 Å². The maximum atomic E-state index is 6.30. The van der Waals surface area contributed by atoms with Crippen molar-refractivity contribution in [3.05, 3.63) is 69.2 Å². The molecular formula is C16H17Cl2N. The second-order valence-electron chi connectivity index (χ2n) is 4.52. The van der Waals surface area contributed by atoms with Crippen LogP contribution in [0.4, 0.5) is 0 Å². The Morgan fingerprint density at radius 2 is 1.79 bits per heavy atom. The van der Waals surface area contributed by atoms with Gasteiger partial charge in [-0.25, -0.2) is 0 Å². The van der Waals surface area contributed by atoms with Crippen LogP contribution in [0, 0.1) is 6.92 Å². The van der Waals surface area contributed by atoms with Crippen molar-refractivity contribution in [2.75, 3.05) is 6.54 Å². The highest BCUT2D eigenvalue weighted by Gasteiger charge is 2.16. The second-order valence-corrected chi connectivity index (χ2v) is 5.34. The van der Waals surface area contributed by atoms with Gasteiger partial charge in [0.25, 0.3) is 0 Å². The molecule has 2 aromatic carbocycles. The molecule has 0 saturated carbocycles. The van der Waals surface area contributed by atoms with Crippen LogP contribution >= 0.6 is 23.2 Å². The molecule has 0 radical (unpaired) electrons. The molecule has 1 unspecified atom stereocenters. The molecule has 0 aliphatic rings. The van der Waals surface area contributed by atoms with Gasteiger partial charge in [-0.2, -0.15) is 0 Å². The van der Waals surface area contributed by atoms with Gasteiger partial charge in [0.1, 0.15) is 0 Å². The maximum Gasteiger partial charge on any atom is 0.0591 e. The highest BCUT2D eigenvalue weighted by atomic mass is 35.5. The number of hydrogen-bond acceptors (Lipinski definition) is 1. The zero-order chi connectivity index (χ0) is 13.8.